The number of rotatable bonds is 10. The molecule has 8 aliphatic rings. The Hall–Kier alpha value is -1.43. The maximum Gasteiger partial charge on any atom is 0.314 e. The van der Waals surface area contributed by atoms with E-state index in [1.807, 2.05) is 6.92 Å². The Bertz CT molecular complexity index is 1770. The Labute approximate surface area is 387 Å². The minimum absolute atomic E-state index is 0.0378. The molecule has 8 rings (SSSR count). The molecule has 0 aromatic heterocycles. The number of fused-ring (bicyclic) bond motifs is 7. The van der Waals surface area contributed by atoms with Crippen molar-refractivity contribution in [2.75, 3.05) is 19.8 Å². The van der Waals surface area contributed by atoms with Gasteiger partial charge in [-0.3, -0.25) is 4.79 Å². The molecule has 0 aromatic rings. The van der Waals surface area contributed by atoms with E-state index in [9.17, 15) is 61.0 Å². The molecule has 0 amide bonds. The summed E-state index contributed by atoms with van der Waals surface area (Å²) in [6.45, 7) is 15.8. The normalized spacial score (nSPS) is 56.0. The Balaban J connectivity index is 0.965. The van der Waals surface area contributed by atoms with Gasteiger partial charge in [0.25, 0.3) is 0 Å². The highest BCUT2D eigenvalue weighted by atomic mass is 16.8. The van der Waals surface area contributed by atoms with Crippen molar-refractivity contribution in [3.63, 3.8) is 0 Å². The third kappa shape index (κ3) is 7.69. The monoisotopic (exact) mass is 943 g/mol. The van der Waals surface area contributed by atoms with Gasteiger partial charge in [0.2, 0.25) is 6.29 Å². The van der Waals surface area contributed by atoms with Crippen LogP contribution in [0.25, 0.3) is 0 Å². The second kappa shape index (κ2) is 18.3. The first-order valence-corrected chi connectivity index (χ1v) is 24.4. The Kier molecular flexibility index (Phi) is 14.1. The summed E-state index contributed by atoms with van der Waals surface area (Å²) >= 11 is 0. The van der Waals surface area contributed by atoms with Crippen LogP contribution in [0.1, 0.15) is 106 Å². The molecule has 5 aliphatic carbocycles. The number of ether oxygens (including phenoxy) is 6. The Morgan fingerprint density at radius 3 is 1.97 bits per heavy atom. The number of hydrogen-bond donors (Lipinski definition) is 11. The lowest BCUT2D eigenvalue weighted by Crippen LogP contribution is -2.68. The first-order valence-electron chi connectivity index (χ1n) is 24.4. The van der Waals surface area contributed by atoms with Crippen molar-refractivity contribution in [3.05, 3.63) is 12.2 Å². The van der Waals surface area contributed by atoms with E-state index in [4.69, 9.17) is 28.4 Å². The molecule has 18 heteroatoms. The summed E-state index contributed by atoms with van der Waals surface area (Å²) in [6.07, 6.45) is -16.9. The first-order chi connectivity index (χ1) is 30.9. The lowest BCUT2D eigenvalue weighted by Gasteiger charge is -2.72. The van der Waals surface area contributed by atoms with E-state index in [2.05, 4.69) is 34.3 Å². The van der Waals surface area contributed by atoms with Crippen molar-refractivity contribution in [2.24, 2.45) is 56.7 Å². The quantitative estimate of drug-likeness (QED) is 0.101. The van der Waals surface area contributed by atoms with Crippen LogP contribution in [-0.4, -0.2) is 180 Å². The fourth-order valence-electron chi connectivity index (χ4n) is 15.7. The highest BCUT2D eigenvalue weighted by Gasteiger charge is 2.73. The SMILES string of the molecule is C=C(C)[C@@H]1CC[C@]2(C(=O)O[C@@H]3O[C@H](CO[C@@H]4O[C@H](CO)[C@@H](O[C@@H]5O[C@@H](C)[C@H](O)[C@@H](O)[C@H]5O)[C@H](O)[C@H]4O)[C@@H](O)[C@H](O)[C@H]3O)CC[C@]3(C)[C@@H](CC[C@@H]4[C@]5(C)CC[C@@H](O)[C@@](C)(CO)[C@H]5CC[C@]43C)[C@@H]12. The van der Waals surface area contributed by atoms with Crippen LogP contribution in [0.3, 0.4) is 0 Å². The van der Waals surface area contributed by atoms with Crippen LogP contribution < -0.4 is 0 Å². The zero-order valence-corrected chi connectivity index (χ0v) is 39.3. The summed E-state index contributed by atoms with van der Waals surface area (Å²) in [5.74, 6) is 0.0482. The van der Waals surface area contributed by atoms with Crippen LogP contribution in [-0.2, 0) is 33.2 Å². The number of aliphatic hydroxyl groups is 11. The first kappa shape index (κ1) is 50.9. The minimum Gasteiger partial charge on any atom is -0.432 e. The molecule has 3 aliphatic heterocycles. The maximum atomic E-state index is 15.0. The maximum absolute atomic E-state index is 15.0. The number of carbonyl (C=O) groups excluding carboxylic acids is 1. The number of aliphatic hydroxyl groups excluding tert-OH is 11. The van der Waals surface area contributed by atoms with Crippen LogP contribution in [0.2, 0.25) is 0 Å². The fourth-order valence-corrected chi connectivity index (χ4v) is 15.7. The van der Waals surface area contributed by atoms with E-state index in [1.54, 1.807) is 0 Å². The number of carbonyl (C=O) groups is 1. The smallest absolute Gasteiger partial charge is 0.314 e. The van der Waals surface area contributed by atoms with Gasteiger partial charge in [-0.05, 0) is 124 Å². The highest BCUT2D eigenvalue weighted by molar-refractivity contribution is 5.78. The lowest BCUT2D eigenvalue weighted by molar-refractivity contribution is -0.361. The van der Waals surface area contributed by atoms with Crippen LogP contribution in [0.15, 0.2) is 12.2 Å². The van der Waals surface area contributed by atoms with Crippen LogP contribution in [0, 0.1) is 56.7 Å². The summed E-state index contributed by atoms with van der Waals surface area (Å²) in [5, 5.41) is 118. The van der Waals surface area contributed by atoms with Crippen molar-refractivity contribution in [2.45, 2.75) is 204 Å². The van der Waals surface area contributed by atoms with Gasteiger partial charge in [0.05, 0.1) is 37.4 Å². The average molecular weight is 943 g/mol. The molecule has 18 nitrogen and oxygen atoms in total. The predicted octanol–water partition coefficient (Wildman–Crippen LogP) is -0.00360. The van der Waals surface area contributed by atoms with Crippen molar-refractivity contribution in [1.82, 2.24) is 0 Å². The molecular formula is C48H78O18. The van der Waals surface area contributed by atoms with Gasteiger partial charge >= 0.3 is 5.97 Å². The molecule has 0 unspecified atom stereocenters. The molecular weight excluding hydrogens is 865 g/mol. The minimum atomic E-state index is -1.85. The average Bonchev–Trinajstić information content (AvgIpc) is 3.69. The van der Waals surface area contributed by atoms with Gasteiger partial charge in [-0.2, -0.15) is 0 Å². The highest BCUT2D eigenvalue weighted by Crippen LogP contribution is 2.77. The van der Waals surface area contributed by atoms with E-state index < -0.39 is 128 Å². The van der Waals surface area contributed by atoms with E-state index >= 15 is 0 Å². The predicted molar refractivity (Wildman–Crippen MR) is 230 cm³/mol. The van der Waals surface area contributed by atoms with Gasteiger partial charge in [-0.15, -0.1) is 0 Å². The van der Waals surface area contributed by atoms with Gasteiger partial charge < -0.3 is 84.6 Å². The van der Waals surface area contributed by atoms with Crippen molar-refractivity contribution in [1.29, 1.82) is 0 Å². The molecule has 8 fully saturated rings. The van der Waals surface area contributed by atoms with E-state index in [0.717, 1.165) is 50.5 Å². The van der Waals surface area contributed by atoms with Crippen molar-refractivity contribution < 1.29 is 89.4 Å². The molecule has 3 heterocycles. The van der Waals surface area contributed by atoms with E-state index in [0.29, 0.717) is 25.2 Å². The number of hydrogen-bond acceptors (Lipinski definition) is 18. The van der Waals surface area contributed by atoms with E-state index in [-0.39, 0.29) is 46.5 Å². The molecule has 66 heavy (non-hydrogen) atoms. The number of allylic oxidation sites excluding steroid dienone is 1. The van der Waals surface area contributed by atoms with Gasteiger partial charge in [-0.1, -0.05) is 39.8 Å². The standard InChI is InChI=1S/C48H78O18/c1-21(2)23-10-15-48(17-16-46(6)24(30(23)48)8-9-28-44(4)13-12-29(51)45(5,20-50)27(44)11-14-47(28,46)7)43(60)66-42-37(58)34(55)32(53)26(64-42)19-61-40-38(59)35(56)39(25(18-49)63-40)65-41-36(57)33(54)31(52)22(3)62-41/h22-42,49-59H,1,8-20H2,2-7H3/t22-,23-,24-,25+,26+,27-,28+,29+,30+,31-,32+,33+,34-,35+,36+,37+,38+,39+,40+,41-,42-,44+,45-,46+,47+,48-/m0/s1. The van der Waals surface area contributed by atoms with Gasteiger partial charge in [-0.25, -0.2) is 0 Å². The molecule has 3 saturated heterocycles. The lowest BCUT2D eigenvalue weighted by atomic mass is 9.32. The Morgan fingerprint density at radius 2 is 1.30 bits per heavy atom. The van der Waals surface area contributed by atoms with Crippen LogP contribution in [0.4, 0.5) is 0 Å². The zero-order chi connectivity index (χ0) is 48.2. The third-order valence-electron chi connectivity index (χ3n) is 19.8. The van der Waals surface area contributed by atoms with Crippen LogP contribution in [0.5, 0.6) is 0 Å². The summed E-state index contributed by atoms with van der Waals surface area (Å²) in [5.41, 5.74) is -0.817. The van der Waals surface area contributed by atoms with Gasteiger partial charge in [0, 0.05) is 5.41 Å². The molecule has 0 bridgehead atoms. The summed E-state index contributed by atoms with van der Waals surface area (Å²) < 4.78 is 34.7. The van der Waals surface area contributed by atoms with Crippen LogP contribution >= 0.6 is 0 Å². The molecule has 0 aromatic carbocycles. The Morgan fingerprint density at radius 1 is 0.652 bits per heavy atom. The second-order valence-electron chi connectivity index (χ2n) is 22.8. The molecule has 378 valence electrons. The molecule has 26 atom stereocenters. The van der Waals surface area contributed by atoms with Gasteiger partial charge in [0.15, 0.2) is 12.6 Å². The van der Waals surface area contributed by atoms with Gasteiger partial charge in [0.1, 0.15) is 67.1 Å². The number of esters is 1. The van der Waals surface area contributed by atoms with Crippen molar-refractivity contribution in [3.8, 4) is 0 Å². The molecule has 5 saturated carbocycles. The fraction of sp³-hybridized carbons (Fsp3) is 0.938. The molecule has 0 spiro atoms. The summed E-state index contributed by atoms with van der Waals surface area (Å²) in [4.78, 5) is 15.0. The topological polar surface area (TPSA) is 295 Å². The van der Waals surface area contributed by atoms with E-state index in [1.165, 1.54) is 6.92 Å². The molecule has 11 N–H and O–H groups in total. The summed E-state index contributed by atoms with van der Waals surface area (Å²) in [6, 6.07) is 0. The second-order valence-corrected chi connectivity index (χ2v) is 22.8. The zero-order valence-electron chi connectivity index (χ0n) is 39.3. The largest absolute Gasteiger partial charge is 0.432 e. The van der Waals surface area contributed by atoms with Crippen molar-refractivity contribution >= 4 is 5.97 Å². The summed E-state index contributed by atoms with van der Waals surface area (Å²) in [7, 11) is 0. The third-order valence-corrected chi connectivity index (χ3v) is 19.8. The molecule has 0 radical (unpaired) electrons.